The molecule has 0 saturated carbocycles. The molecular weight excluding hydrogens is 226 g/mol. The predicted octanol–water partition coefficient (Wildman–Crippen LogP) is 0.217. The molecule has 0 aliphatic rings. The molecule has 0 aromatic carbocycles. The number of carbonyl (C=O) groups excluding carboxylic acids is 1. The minimum atomic E-state index is -0.676. The Kier molecular flexibility index (Phi) is 2.65. The summed E-state index contributed by atoms with van der Waals surface area (Å²) in [5.41, 5.74) is -1.36. The molecule has 0 spiro atoms. The van der Waals surface area contributed by atoms with Crippen LogP contribution < -0.4 is 16.6 Å². The first-order chi connectivity index (χ1) is 8.06. The van der Waals surface area contributed by atoms with Gasteiger partial charge in [-0.1, -0.05) is 0 Å². The Hall–Kier alpha value is -2.57. The summed E-state index contributed by atoms with van der Waals surface area (Å²) in [4.78, 5) is 37.9. The number of furan rings is 1. The van der Waals surface area contributed by atoms with E-state index in [2.05, 4.69) is 10.3 Å². The van der Waals surface area contributed by atoms with Crippen LogP contribution in [0.5, 0.6) is 0 Å². The first-order valence-electron chi connectivity index (χ1n) is 4.76. The number of hydrogen-bond acceptors (Lipinski definition) is 4. The lowest BCUT2D eigenvalue weighted by molar-refractivity contribution is 0.0995. The van der Waals surface area contributed by atoms with E-state index in [-0.39, 0.29) is 11.4 Å². The molecule has 0 aliphatic heterocycles. The highest BCUT2D eigenvalue weighted by Gasteiger charge is 2.11. The fourth-order valence-electron chi connectivity index (χ4n) is 1.24. The largest absolute Gasteiger partial charge is 0.456 e. The van der Waals surface area contributed by atoms with Crippen LogP contribution in [0.1, 0.15) is 16.3 Å². The van der Waals surface area contributed by atoms with Gasteiger partial charge in [0.15, 0.2) is 5.76 Å². The zero-order valence-electron chi connectivity index (χ0n) is 8.87. The van der Waals surface area contributed by atoms with Crippen molar-refractivity contribution in [3.63, 3.8) is 0 Å². The van der Waals surface area contributed by atoms with Crippen LogP contribution in [-0.2, 0) is 0 Å². The number of aromatic amines is 2. The summed E-state index contributed by atoms with van der Waals surface area (Å²) in [6.07, 6.45) is 1.12. The summed E-state index contributed by atoms with van der Waals surface area (Å²) >= 11 is 0. The third-order valence-electron chi connectivity index (χ3n) is 2.03. The third kappa shape index (κ3) is 2.33. The molecule has 0 bridgehead atoms. The summed E-state index contributed by atoms with van der Waals surface area (Å²) in [6.45, 7) is 1.70. The normalized spacial score (nSPS) is 10.2. The first kappa shape index (κ1) is 10.9. The fourth-order valence-corrected chi connectivity index (χ4v) is 1.24. The van der Waals surface area contributed by atoms with E-state index in [9.17, 15) is 14.4 Å². The Morgan fingerprint density at radius 1 is 1.35 bits per heavy atom. The van der Waals surface area contributed by atoms with E-state index in [1.807, 2.05) is 4.98 Å². The van der Waals surface area contributed by atoms with E-state index in [4.69, 9.17) is 4.42 Å². The summed E-state index contributed by atoms with van der Waals surface area (Å²) < 4.78 is 5.08. The van der Waals surface area contributed by atoms with Crippen LogP contribution in [0.25, 0.3) is 0 Å². The maximum atomic E-state index is 11.6. The number of H-pyrrole nitrogens is 2. The topological polar surface area (TPSA) is 108 Å². The monoisotopic (exact) mass is 235 g/mol. The number of nitrogens with one attached hydrogen (secondary N) is 3. The molecule has 1 amide bonds. The van der Waals surface area contributed by atoms with Gasteiger partial charge in [-0.2, -0.15) is 0 Å². The van der Waals surface area contributed by atoms with Crippen LogP contribution in [0.4, 0.5) is 5.69 Å². The van der Waals surface area contributed by atoms with Crippen LogP contribution in [0.15, 0.2) is 32.3 Å². The molecule has 17 heavy (non-hydrogen) atoms. The Balaban J connectivity index is 2.24. The van der Waals surface area contributed by atoms with Crippen molar-refractivity contribution in [1.29, 1.82) is 0 Å². The molecule has 0 radical (unpaired) electrons. The molecule has 2 aromatic rings. The second-order valence-electron chi connectivity index (χ2n) is 3.35. The van der Waals surface area contributed by atoms with Crippen molar-refractivity contribution in [2.24, 2.45) is 0 Å². The molecule has 2 heterocycles. The van der Waals surface area contributed by atoms with Crippen molar-refractivity contribution in [3.8, 4) is 0 Å². The van der Waals surface area contributed by atoms with Gasteiger partial charge in [-0.15, -0.1) is 0 Å². The highest BCUT2D eigenvalue weighted by atomic mass is 16.3. The third-order valence-corrected chi connectivity index (χ3v) is 2.03. The van der Waals surface area contributed by atoms with Gasteiger partial charge < -0.3 is 14.7 Å². The van der Waals surface area contributed by atoms with E-state index in [1.165, 1.54) is 6.07 Å². The van der Waals surface area contributed by atoms with E-state index in [0.717, 1.165) is 6.20 Å². The lowest BCUT2D eigenvalue weighted by Gasteiger charge is -2.00. The summed E-state index contributed by atoms with van der Waals surface area (Å²) in [7, 11) is 0. The van der Waals surface area contributed by atoms with Crippen molar-refractivity contribution < 1.29 is 9.21 Å². The number of hydrogen-bond donors (Lipinski definition) is 3. The van der Waals surface area contributed by atoms with Gasteiger partial charge in [0, 0.05) is 6.20 Å². The molecule has 7 nitrogen and oxygen atoms in total. The molecule has 2 aromatic heterocycles. The molecule has 0 unspecified atom stereocenters. The van der Waals surface area contributed by atoms with E-state index >= 15 is 0 Å². The molecule has 0 fully saturated rings. The van der Waals surface area contributed by atoms with Crippen LogP contribution in [0, 0.1) is 6.92 Å². The Bertz CT molecular complexity index is 664. The number of aromatic nitrogens is 2. The summed E-state index contributed by atoms with van der Waals surface area (Å²) in [6, 6.07) is 3.12. The van der Waals surface area contributed by atoms with Gasteiger partial charge in [0.25, 0.3) is 11.5 Å². The van der Waals surface area contributed by atoms with Crippen LogP contribution in [0.2, 0.25) is 0 Å². The molecule has 0 saturated heterocycles. The van der Waals surface area contributed by atoms with Crippen molar-refractivity contribution in [3.05, 3.63) is 50.7 Å². The van der Waals surface area contributed by atoms with Gasteiger partial charge in [0.1, 0.15) is 11.4 Å². The molecular formula is C10H9N3O4. The second-order valence-corrected chi connectivity index (χ2v) is 3.35. The quantitative estimate of drug-likeness (QED) is 0.691. The van der Waals surface area contributed by atoms with Crippen LogP contribution in [-0.4, -0.2) is 15.9 Å². The van der Waals surface area contributed by atoms with Gasteiger partial charge in [-0.3, -0.25) is 14.6 Å². The van der Waals surface area contributed by atoms with Crippen molar-refractivity contribution >= 4 is 11.6 Å². The molecule has 0 aliphatic carbocycles. The zero-order chi connectivity index (χ0) is 12.4. The summed E-state index contributed by atoms with van der Waals surface area (Å²) in [5.74, 6) is 0.120. The van der Waals surface area contributed by atoms with Crippen molar-refractivity contribution in [1.82, 2.24) is 9.97 Å². The molecule has 0 atom stereocenters. The fraction of sp³-hybridized carbons (Fsp3) is 0.100. The predicted molar refractivity (Wildman–Crippen MR) is 59.1 cm³/mol. The Morgan fingerprint density at radius 3 is 2.71 bits per heavy atom. The van der Waals surface area contributed by atoms with Gasteiger partial charge in [0.05, 0.1) is 0 Å². The number of anilines is 1. The highest BCUT2D eigenvalue weighted by molar-refractivity contribution is 6.02. The average Bonchev–Trinajstić information content (AvgIpc) is 2.69. The van der Waals surface area contributed by atoms with E-state index in [0.29, 0.717) is 5.76 Å². The maximum absolute atomic E-state index is 11.6. The summed E-state index contributed by atoms with van der Waals surface area (Å²) in [5, 5.41) is 2.32. The first-order valence-corrected chi connectivity index (χ1v) is 4.76. The number of rotatable bonds is 2. The van der Waals surface area contributed by atoms with Gasteiger partial charge in [-0.05, 0) is 19.1 Å². The maximum Gasteiger partial charge on any atom is 0.325 e. The van der Waals surface area contributed by atoms with Crippen LogP contribution in [0.3, 0.4) is 0 Å². The van der Waals surface area contributed by atoms with Crippen LogP contribution >= 0.6 is 0 Å². The standard InChI is InChI=1S/C10H9N3O4/c1-5-2-3-7(17-5)9(15)12-6-4-11-10(16)13-8(6)14/h2-4H,1H3,(H,12,15)(H2,11,13,14,16). The minimum Gasteiger partial charge on any atom is -0.456 e. The van der Waals surface area contributed by atoms with E-state index in [1.54, 1.807) is 13.0 Å². The lowest BCUT2D eigenvalue weighted by Crippen LogP contribution is -2.26. The SMILES string of the molecule is Cc1ccc(C(=O)Nc2c[nH]c(=O)[nH]c2=O)o1. The van der Waals surface area contributed by atoms with Crippen molar-refractivity contribution in [2.45, 2.75) is 6.92 Å². The second kappa shape index (κ2) is 4.12. The minimum absolute atomic E-state index is 0.0522. The van der Waals surface area contributed by atoms with E-state index < -0.39 is 17.2 Å². The van der Waals surface area contributed by atoms with Gasteiger partial charge in [0.2, 0.25) is 0 Å². The average molecular weight is 235 g/mol. The Morgan fingerprint density at radius 2 is 2.12 bits per heavy atom. The van der Waals surface area contributed by atoms with Crippen molar-refractivity contribution in [2.75, 3.05) is 5.32 Å². The number of carbonyl (C=O) groups is 1. The molecule has 7 heteroatoms. The molecule has 3 N–H and O–H groups in total. The zero-order valence-corrected chi connectivity index (χ0v) is 8.87. The number of amides is 1. The van der Waals surface area contributed by atoms with Gasteiger partial charge >= 0.3 is 5.69 Å². The lowest BCUT2D eigenvalue weighted by atomic mass is 10.4. The number of aryl methyl sites for hydroxylation is 1. The van der Waals surface area contributed by atoms with Gasteiger partial charge in [-0.25, -0.2) is 4.79 Å². The molecule has 88 valence electrons. The Labute approximate surface area is 94.5 Å². The smallest absolute Gasteiger partial charge is 0.325 e. The molecule has 2 rings (SSSR count). The highest BCUT2D eigenvalue weighted by Crippen LogP contribution is 2.07.